The first-order chi connectivity index (χ1) is 22.6. The Balaban J connectivity index is 1.54. The first kappa shape index (κ1) is 29.7. The van der Waals surface area contributed by atoms with Crippen LogP contribution in [0, 0.1) is 13.8 Å². The smallest absolute Gasteiger partial charge is 0.0623 e. The summed E-state index contributed by atoms with van der Waals surface area (Å²) in [6, 6.07) is 73.2. The van der Waals surface area contributed by atoms with Crippen molar-refractivity contribution < 1.29 is 0 Å². The van der Waals surface area contributed by atoms with Crippen molar-refractivity contribution in [1.29, 1.82) is 0 Å². The van der Waals surface area contributed by atoms with E-state index in [0.29, 0.717) is 0 Å². The fourth-order valence-electron chi connectivity index (χ4n) is 7.48. The molecule has 7 aromatic carbocycles. The van der Waals surface area contributed by atoms with Gasteiger partial charge in [0.1, 0.15) is 0 Å². The van der Waals surface area contributed by atoms with E-state index in [1.54, 1.807) is 0 Å². The van der Waals surface area contributed by atoms with Crippen molar-refractivity contribution in [3.8, 4) is 0 Å². The highest BCUT2D eigenvalue weighted by Gasteiger charge is 2.44. The molecule has 0 nitrogen and oxygen atoms in total. The van der Waals surface area contributed by atoms with E-state index in [4.69, 9.17) is 0 Å². The molecule has 0 bridgehead atoms. The zero-order valence-electron chi connectivity index (χ0n) is 26.5. The molecule has 7 rings (SSSR count). The molecule has 0 amide bonds. The van der Waals surface area contributed by atoms with E-state index in [9.17, 15) is 0 Å². The minimum Gasteiger partial charge on any atom is -0.0623 e. The van der Waals surface area contributed by atoms with Gasteiger partial charge in [-0.1, -0.05) is 205 Å². The predicted octanol–water partition coefficient (Wildman–Crippen LogP) is 5.06. The van der Waals surface area contributed by atoms with Gasteiger partial charge < -0.3 is 0 Å². The summed E-state index contributed by atoms with van der Waals surface area (Å²) < 4.78 is 0. The van der Waals surface area contributed by atoms with Crippen LogP contribution in [0.1, 0.15) is 11.1 Å². The van der Waals surface area contributed by atoms with Gasteiger partial charge in [0.15, 0.2) is 16.1 Å². The maximum Gasteiger partial charge on any atom is 0.179 e. The van der Waals surface area contributed by atoms with Crippen molar-refractivity contribution in [2.24, 2.45) is 0 Å². The molecule has 0 aromatic heterocycles. The minimum absolute atomic E-state index is 1.29. The third-order valence-corrected chi connectivity index (χ3v) is 19.0. The monoisotopic (exact) mass is 622 g/mol. The van der Waals surface area contributed by atoms with Gasteiger partial charge in [0.25, 0.3) is 0 Å². The fourth-order valence-corrected chi connectivity index (χ4v) is 17.2. The number of benzene rings is 7. The van der Waals surface area contributed by atoms with Gasteiger partial charge in [0, 0.05) is 0 Å². The first-order valence-electron chi connectivity index (χ1n) is 16.1. The largest absolute Gasteiger partial charge is 0.179 e. The van der Waals surface area contributed by atoms with Crippen LogP contribution in [0.4, 0.5) is 0 Å². The molecule has 0 atom stereocenters. The van der Waals surface area contributed by atoms with Gasteiger partial charge in [0.05, 0.1) is 0 Å². The summed E-state index contributed by atoms with van der Waals surface area (Å²) in [6.07, 6.45) is 0. The summed E-state index contributed by atoms with van der Waals surface area (Å²) in [5, 5.41) is 11.2. The lowest BCUT2D eigenvalue weighted by Crippen LogP contribution is -2.76. The highest BCUT2D eigenvalue weighted by atomic mass is 28.3. The molecule has 222 valence electrons. The molecule has 46 heavy (non-hydrogen) atoms. The highest BCUT2D eigenvalue weighted by molar-refractivity contribution is 7.21. The van der Waals surface area contributed by atoms with Crippen molar-refractivity contribution >= 4 is 57.6 Å². The summed E-state index contributed by atoms with van der Waals surface area (Å²) in [5.74, 6) is 0. The van der Waals surface area contributed by atoms with Crippen molar-refractivity contribution in [1.82, 2.24) is 0 Å². The van der Waals surface area contributed by atoms with Crippen LogP contribution < -0.4 is 41.5 Å². The van der Waals surface area contributed by atoms with Crippen LogP contribution in [0.25, 0.3) is 0 Å². The Morgan fingerprint density at radius 3 is 0.739 bits per heavy atom. The van der Waals surface area contributed by atoms with Gasteiger partial charge in [-0.25, -0.2) is 0 Å². The number of rotatable bonds is 8. The third kappa shape index (κ3) is 5.10. The predicted molar refractivity (Wildman–Crippen MR) is 203 cm³/mol. The van der Waals surface area contributed by atoms with Crippen molar-refractivity contribution in [2.75, 3.05) is 0 Å². The van der Waals surface area contributed by atoms with E-state index < -0.39 is 16.1 Å². The maximum atomic E-state index is 2.47. The lowest BCUT2D eigenvalue weighted by molar-refractivity contribution is 1.49. The van der Waals surface area contributed by atoms with Crippen LogP contribution in [0.5, 0.6) is 0 Å². The first-order valence-corrected chi connectivity index (χ1v) is 20.1. The SMILES string of the molecule is Cc1cccc([Si](c2ccccc2)(c2ccccc2)c2ccc([Si](c3ccccc3)(c3ccccc3)c3cccc(C)c3)cc2)c1. The zero-order valence-corrected chi connectivity index (χ0v) is 28.5. The summed E-state index contributed by atoms with van der Waals surface area (Å²) in [7, 11) is -5.29. The minimum atomic E-state index is -2.64. The van der Waals surface area contributed by atoms with Crippen LogP contribution in [0.15, 0.2) is 194 Å². The molecule has 0 spiro atoms. The normalized spacial score (nSPS) is 11.7. The zero-order chi connectivity index (χ0) is 31.4. The van der Waals surface area contributed by atoms with Gasteiger partial charge in [-0.3, -0.25) is 0 Å². The van der Waals surface area contributed by atoms with Crippen LogP contribution in [-0.4, -0.2) is 16.1 Å². The van der Waals surface area contributed by atoms with Crippen LogP contribution in [-0.2, 0) is 0 Å². The Hall–Kier alpha value is -5.03. The van der Waals surface area contributed by atoms with Crippen LogP contribution in [0.3, 0.4) is 0 Å². The van der Waals surface area contributed by atoms with Crippen molar-refractivity contribution in [3.63, 3.8) is 0 Å². The molecular weight excluding hydrogens is 585 g/mol. The molecule has 7 aromatic rings. The molecule has 0 aliphatic heterocycles. The second-order valence-electron chi connectivity index (χ2n) is 12.3. The Labute approximate surface area is 275 Å². The molecule has 2 heteroatoms. The number of hydrogen-bond donors (Lipinski definition) is 0. The standard InChI is InChI=1S/C44H38Si2/c1-35-17-15-27-43(33-35)45(37-19-7-3-8-20-37,38-21-9-4-10-22-38)41-29-31-42(32-30-41)46(39-23-11-5-12-24-39,40-25-13-6-14-26-40)44-28-16-18-36(2)34-44/h3-34H,1-2H3. The Morgan fingerprint density at radius 1 is 0.239 bits per heavy atom. The molecule has 0 radical (unpaired) electrons. The Kier molecular flexibility index (Phi) is 8.23. The van der Waals surface area contributed by atoms with Gasteiger partial charge in [-0.2, -0.15) is 0 Å². The van der Waals surface area contributed by atoms with Crippen LogP contribution in [0.2, 0.25) is 0 Å². The van der Waals surface area contributed by atoms with Gasteiger partial charge in [0.2, 0.25) is 0 Å². The molecule has 0 aliphatic carbocycles. The molecule has 0 fully saturated rings. The van der Waals surface area contributed by atoms with Gasteiger partial charge in [-0.05, 0) is 55.3 Å². The lowest BCUT2D eigenvalue weighted by Gasteiger charge is -2.37. The molecule has 0 unspecified atom stereocenters. The topological polar surface area (TPSA) is 0 Å². The van der Waals surface area contributed by atoms with Crippen molar-refractivity contribution in [3.05, 3.63) is 205 Å². The highest BCUT2D eigenvalue weighted by Crippen LogP contribution is 2.14. The summed E-state index contributed by atoms with van der Waals surface area (Å²) in [4.78, 5) is 0. The number of aryl methyl sites for hydroxylation is 2. The van der Waals surface area contributed by atoms with E-state index >= 15 is 0 Å². The van der Waals surface area contributed by atoms with E-state index in [1.165, 1.54) is 52.6 Å². The fraction of sp³-hybridized carbons (Fsp3) is 0.0455. The summed E-state index contributed by atoms with van der Waals surface area (Å²) in [6.45, 7) is 4.42. The van der Waals surface area contributed by atoms with E-state index in [0.717, 1.165) is 0 Å². The molecule has 0 N–H and O–H groups in total. The number of hydrogen-bond acceptors (Lipinski definition) is 0. The molecule has 0 aliphatic rings. The average molecular weight is 623 g/mol. The third-order valence-electron chi connectivity index (χ3n) is 9.48. The van der Waals surface area contributed by atoms with E-state index in [-0.39, 0.29) is 0 Å². The van der Waals surface area contributed by atoms with Crippen LogP contribution >= 0.6 is 0 Å². The van der Waals surface area contributed by atoms with E-state index in [1.807, 2.05) is 0 Å². The molecule has 0 saturated heterocycles. The average Bonchev–Trinajstić information content (AvgIpc) is 3.12. The lowest BCUT2D eigenvalue weighted by atomic mass is 10.2. The van der Waals surface area contributed by atoms with E-state index in [2.05, 4.69) is 208 Å². The second kappa shape index (κ2) is 12.8. The van der Waals surface area contributed by atoms with Gasteiger partial charge >= 0.3 is 0 Å². The maximum absolute atomic E-state index is 2.64. The van der Waals surface area contributed by atoms with Crippen molar-refractivity contribution in [2.45, 2.75) is 13.8 Å². The molecule has 0 saturated carbocycles. The Bertz CT molecular complexity index is 1810. The van der Waals surface area contributed by atoms with Gasteiger partial charge in [-0.15, -0.1) is 0 Å². The summed E-state index contributed by atoms with van der Waals surface area (Å²) in [5.41, 5.74) is 2.58. The molecular formula is C44H38Si2. The quantitative estimate of drug-likeness (QED) is 0.164. The summed E-state index contributed by atoms with van der Waals surface area (Å²) >= 11 is 0. The second-order valence-corrected chi connectivity index (χ2v) is 19.9. The molecule has 0 heterocycles. The Morgan fingerprint density at radius 2 is 0.478 bits per heavy atom.